The van der Waals surface area contributed by atoms with Gasteiger partial charge >= 0.3 is 0 Å². The monoisotopic (exact) mass is 383 g/mol. The van der Waals surface area contributed by atoms with Gasteiger partial charge in [0.25, 0.3) is 5.56 Å². The zero-order valence-electron chi connectivity index (χ0n) is 14.6. The number of nitrogens with one attached hydrogen (secondary N) is 1. The number of halogens is 1. The predicted octanol–water partition coefficient (Wildman–Crippen LogP) is 2.44. The van der Waals surface area contributed by atoms with Crippen LogP contribution < -0.4 is 10.9 Å². The van der Waals surface area contributed by atoms with Crippen LogP contribution in [0.5, 0.6) is 0 Å². The minimum atomic E-state index is -0.719. The van der Waals surface area contributed by atoms with Crippen LogP contribution in [-0.4, -0.2) is 38.0 Å². The molecule has 0 bridgehead atoms. The SMILES string of the molecule is CC(C)NC(=O)[C@H](C)Sc1nc2cc(Cl)ccc2c(=O)n1C[C@@H](C)O. The van der Waals surface area contributed by atoms with Crippen LogP contribution in [-0.2, 0) is 11.3 Å². The number of carbonyl (C=O) groups excluding carboxylic acids is 1. The Bertz CT molecular complexity index is 836. The molecule has 2 atom stereocenters. The van der Waals surface area contributed by atoms with Crippen molar-refractivity contribution < 1.29 is 9.90 Å². The number of aliphatic hydroxyl groups excluding tert-OH is 1. The van der Waals surface area contributed by atoms with Gasteiger partial charge < -0.3 is 10.4 Å². The Hall–Kier alpha value is -1.57. The third kappa shape index (κ3) is 4.96. The lowest BCUT2D eigenvalue weighted by atomic mass is 10.2. The molecule has 136 valence electrons. The Balaban J connectivity index is 2.48. The molecule has 0 saturated carbocycles. The second kappa shape index (κ2) is 8.21. The van der Waals surface area contributed by atoms with Gasteiger partial charge in [0.1, 0.15) is 0 Å². The third-order valence-electron chi connectivity index (χ3n) is 3.41. The number of fused-ring (bicyclic) bond motifs is 1. The van der Waals surface area contributed by atoms with Crippen LogP contribution in [0, 0.1) is 0 Å². The first-order valence-electron chi connectivity index (χ1n) is 8.04. The Kier molecular flexibility index (Phi) is 6.48. The van der Waals surface area contributed by atoms with E-state index in [-0.39, 0.29) is 24.1 Å². The highest BCUT2D eigenvalue weighted by Crippen LogP contribution is 2.24. The molecule has 0 spiro atoms. The number of carbonyl (C=O) groups is 1. The number of thioether (sulfide) groups is 1. The molecule has 1 heterocycles. The number of amides is 1. The maximum atomic E-state index is 12.8. The number of hydrogen-bond acceptors (Lipinski definition) is 5. The molecule has 1 aromatic heterocycles. The molecular formula is C17H22ClN3O3S. The topological polar surface area (TPSA) is 84.2 Å². The van der Waals surface area contributed by atoms with E-state index in [0.29, 0.717) is 21.1 Å². The Morgan fingerprint density at radius 1 is 1.36 bits per heavy atom. The number of aliphatic hydroxyl groups is 1. The Morgan fingerprint density at radius 2 is 2.04 bits per heavy atom. The zero-order chi connectivity index (χ0) is 18.7. The van der Waals surface area contributed by atoms with Crippen LogP contribution in [0.3, 0.4) is 0 Å². The molecule has 0 aliphatic heterocycles. The van der Waals surface area contributed by atoms with Crippen molar-refractivity contribution in [3.8, 4) is 0 Å². The van der Waals surface area contributed by atoms with Gasteiger partial charge in [0.05, 0.1) is 28.8 Å². The molecule has 2 aromatic rings. The van der Waals surface area contributed by atoms with Crippen LogP contribution in [0.4, 0.5) is 0 Å². The second-order valence-corrected chi connectivity index (χ2v) is 7.99. The minimum absolute atomic E-state index is 0.0265. The van der Waals surface area contributed by atoms with Gasteiger partial charge in [-0.15, -0.1) is 0 Å². The summed E-state index contributed by atoms with van der Waals surface area (Å²) in [6.07, 6.45) is -0.719. The summed E-state index contributed by atoms with van der Waals surface area (Å²) in [6.45, 7) is 7.22. The van der Waals surface area contributed by atoms with Gasteiger partial charge in [0.2, 0.25) is 5.91 Å². The first kappa shape index (κ1) is 19.8. The summed E-state index contributed by atoms with van der Waals surface area (Å²) in [6, 6.07) is 4.90. The number of hydrogen-bond donors (Lipinski definition) is 2. The minimum Gasteiger partial charge on any atom is -0.392 e. The van der Waals surface area contributed by atoms with Gasteiger partial charge in [-0.05, 0) is 45.9 Å². The van der Waals surface area contributed by atoms with Crippen LogP contribution >= 0.6 is 23.4 Å². The predicted molar refractivity (Wildman–Crippen MR) is 101 cm³/mol. The molecule has 8 heteroatoms. The Morgan fingerprint density at radius 3 is 2.64 bits per heavy atom. The van der Waals surface area contributed by atoms with Gasteiger partial charge in [-0.2, -0.15) is 0 Å². The third-order valence-corrected chi connectivity index (χ3v) is 4.74. The fourth-order valence-corrected chi connectivity index (χ4v) is 3.40. The van der Waals surface area contributed by atoms with Gasteiger partial charge in [0, 0.05) is 11.1 Å². The van der Waals surface area contributed by atoms with E-state index < -0.39 is 11.4 Å². The number of aromatic nitrogens is 2. The lowest BCUT2D eigenvalue weighted by Crippen LogP contribution is -2.36. The second-order valence-electron chi connectivity index (χ2n) is 6.24. The highest BCUT2D eigenvalue weighted by Gasteiger charge is 2.20. The van der Waals surface area contributed by atoms with Crippen LogP contribution in [0.2, 0.25) is 5.02 Å². The number of rotatable bonds is 6. The molecule has 6 nitrogen and oxygen atoms in total. The van der Waals surface area contributed by atoms with Gasteiger partial charge in [-0.1, -0.05) is 23.4 Å². The van der Waals surface area contributed by atoms with Crippen LogP contribution in [0.15, 0.2) is 28.2 Å². The van der Waals surface area contributed by atoms with Gasteiger partial charge in [-0.3, -0.25) is 14.2 Å². The van der Waals surface area contributed by atoms with E-state index in [1.165, 1.54) is 16.3 Å². The molecule has 25 heavy (non-hydrogen) atoms. The average molecular weight is 384 g/mol. The molecule has 0 saturated heterocycles. The lowest BCUT2D eigenvalue weighted by Gasteiger charge is -2.18. The lowest BCUT2D eigenvalue weighted by molar-refractivity contribution is -0.120. The molecule has 1 aromatic carbocycles. The highest BCUT2D eigenvalue weighted by molar-refractivity contribution is 8.00. The smallest absolute Gasteiger partial charge is 0.262 e. The van der Waals surface area contributed by atoms with Crippen molar-refractivity contribution in [3.63, 3.8) is 0 Å². The molecular weight excluding hydrogens is 362 g/mol. The molecule has 0 fully saturated rings. The number of nitrogens with zero attached hydrogens (tertiary/aromatic N) is 2. The molecule has 0 radical (unpaired) electrons. The molecule has 2 N–H and O–H groups in total. The van der Waals surface area contributed by atoms with Crippen molar-refractivity contribution in [2.45, 2.75) is 56.8 Å². The van der Waals surface area contributed by atoms with Crippen molar-refractivity contribution in [1.82, 2.24) is 14.9 Å². The molecule has 0 aliphatic rings. The van der Waals surface area contributed by atoms with Crippen LogP contribution in [0.25, 0.3) is 10.9 Å². The van der Waals surface area contributed by atoms with E-state index in [1.54, 1.807) is 32.0 Å². The van der Waals surface area contributed by atoms with Crippen molar-refractivity contribution >= 4 is 40.2 Å². The quantitative estimate of drug-likeness (QED) is 0.591. The fraction of sp³-hybridized carbons (Fsp3) is 0.471. The average Bonchev–Trinajstić information content (AvgIpc) is 2.49. The van der Waals surface area contributed by atoms with Crippen LogP contribution in [0.1, 0.15) is 27.7 Å². The zero-order valence-corrected chi connectivity index (χ0v) is 16.2. The highest BCUT2D eigenvalue weighted by atomic mass is 35.5. The first-order chi connectivity index (χ1) is 11.7. The largest absolute Gasteiger partial charge is 0.392 e. The summed E-state index contributed by atoms with van der Waals surface area (Å²) in [5.41, 5.74) is 0.208. The summed E-state index contributed by atoms with van der Waals surface area (Å²) in [5, 5.41) is 13.4. The fourth-order valence-electron chi connectivity index (χ4n) is 2.30. The van der Waals surface area contributed by atoms with Crippen molar-refractivity contribution in [1.29, 1.82) is 0 Å². The van der Waals surface area contributed by atoms with Gasteiger partial charge in [-0.25, -0.2) is 4.98 Å². The van der Waals surface area contributed by atoms with Crippen molar-refractivity contribution in [3.05, 3.63) is 33.6 Å². The molecule has 0 unspecified atom stereocenters. The normalized spacial score (nSPS) is 13.9. The molecule has 2 rings (SSSR count). The van der Waals surface area contributed by atoms with E-state index in [1.807, 2.05) is 13.8 Å². The van der Waals surface area contributed by atoms with Gasteiger partial charge in [0.15, 0.2) is 5.16 Å². The number of benzene rings is 1. The van der Waals surface area contributed by atoms with E-state index in [9.17, 15) is 14.7 Å². The summed E-state index contributed by atoms with van der Waals surface area (Å²) in [7, 11) is 0. The standard InChI is InChI=1S/C17H22ClN3O3S/c1-9(2)19-15(23)11(4)25-17-20-14-7-12(18)5-6-13(14)16(24)21(17)8-10(3)22/h5-7,9-11,22H,8H2,1-4H3,(H,19,23)/t10-,11+/m1/s1. The summed E-state index contributed by atoms with van der Waals surface area (Å²) in [5.74, 6) is -0.135. The Labute approximate surface area is 155 Å². The first-order valence-corrected chi connectivity index (χ1v) is 9.30. The van der Waals surface area contributed by atoms with E-state index in [4.69, 9.17) is 11.6 Å². The summed E-state index contributed by atoms with van der Waals surface area (Å²) in [4.78, 5) is 29.5. The summed E-state index contributed by atoms with van der Waals surface area (Å²) >= 11 is 7.18. The van der Waals surface area contributed by atoms with Crippen molar-refractivity contribution in [2.75, 3.05) is 0 Å². The van der Waals surface area contributed by atoms with E-state index in [0.717, 1.165) is 0 Å². The maximum Gasteiger partial charge on any atom is 0.262 e. The van der Waals surface area contributed by atoms with Crippen molar-refractivity contribution in [2.24, 2.45) is 0 Å². The molecule has 1 amide bonds. The summed E-state index contributed by atoms with van der Waals surface area (Å²) < 4.78 is 1.41. The van der Waals surface area contributed by atoms with E-state index >= 15 is 0 Å². The molecule has 0 aliphatic carbocycles. The van der Waals surface area contributed by atoms with E-state index in [2.05, 4.69) is 10.3 Å². The maximum absolute atomic E-state index is 12.8.